The van der Waals surface area contributed by atoms with Crippen LogP contribution in [0.4, 0.5) is 0 Å². The van der Waals surface area contributed by atoms with E-state index < -0.39 is 0 Å². The molecule has 5 nitrogen and oxygen atoms in total. The zero-order valence-corrected chi connectivity index (χ0v) is 32.7. The Morgan fingerprint density at radius 2 is 0.443 bits per heavy atom. The molecule has 5 heteroatoms. The Morgan fingerprint density at radius 3 is 0.754 bits per heavy atom. The highest BCUT2D eigenvalue weighted by molar-refractivity contribution is 6.48. The number of hydrogen-bond donors (Lipinski definition) is 5. The number of nitrogens with one attached hydrogen (secondary N) is 5. The summed E-state index contributed by atoms with van der Waals surface area (Å²) < 4.78 is 0. The van der Waals surface area contributed by atoms with Crippen LogP contribution in [0.25, 0.3) is 153 Å². The molecule has 0 saturated carbocycles. The van der Waals surface area contributed by atoms with E-state index in [0.717, 1.165) is 55.5 Å². The van der Waals surface area contributed by atoms with Crippen LogP contribution in [0.1, 0.15) is 0 Å². The molecular weight excluding hydrogens is 743 g/mol. The molecule has 0 atom stereocenters. The predicted molar refractivity (Wildman–Crippen MR) is 259 cm³/mol. The molecule has 5 heterocycles. The van der Waals surface area contributed by atoms with Gasteiger partial charge in [0.25, 0.3) is 0 Å². The van der Waals surface area contributed by atoms with Crippen molar-refractivity contribution < 1.29 is 0 Å². The molecule has 61 heavy (non-hydrogen) atoms. The highest BCUT2D eigenvalue weighted by Crippen LogP contribution is 2.52. The predicted octanol–water partition coefficient (Wildman–Crippen LogP) is 15.5. The normalized spacial score (nSPS) is 12.6. The fraction of sp³-hybridized carbons (Fsp3) is 0. The van der Waals surface area contributed by atoms with Crippen molar-refractivity contribution >= 4 is 130 Å². The molecule has 0 aliphatic carbocycles. The molecule has 0 saturated heterocycles. The van der Waals surface area contributed by atoms with Crippen LogP contribution in [0.15, 0.2) is 170 Å². The molecule has 282 valence electrons. The van der Waals surface area contributed by atoms with Crippen molar-refractivity contribution in [2.24, 2.45) is 0 Å². The Morgan fingerprint density at radius 1 is 0.197 bits per heavy atom. The summed E-state index contributed by atoms with van der Waals surface area (Å²) in [6.07, 6.45) is 0. The number of H-pyrrole nitrogens is 5. The summed E-state index contributed by atoms with van der Waals surface area (Å²) in [5.74, 6) is 0. The zero-order chi connectivity index (χ0) is 39.5. The Hall–Kier alpha value is -8.28. The fourth-order valence-corrected chi connectivity index (χ4v) is 11.2. The minimum absolute atomic E-state index is 1.11. The van der Waals surface area contributed by atoms with Crippen LogP contribution in [-0.2, 0) is 0 Å². The SMILES string of the molecule is c1ccc(-c2cc3c([nH]2)c2ccccc2c2[nH]c4c5ccccc5c5[nH]c6c7ccccc7c7[nH]c8c9ccccc9c9[nH]c(-c%10ccccc%10)cc9c8c7c6c5c4c32)cc1. The van der Waals surface area contributed by atoms with Gasteiger partial charge in [0.1, 0.15) is 0 Å². The summed E-state index contributed by atoms with van der Waals surface area (Å²) >= 11 is 0. The number of aromatic amines is 5. The second-order valence-electron chi connectivity index (χ2n) is 16.7. The van der Waals surface area contributed by atoms with Crippen LogP contribution >= 0.6 is 0 Å². The van der Waals surface area contributed by atoms with Gasteiger partial charge >= 0.3 is 0 Å². The molecule has 5 N–H and O–H groups in total. The van der Waals surface area contributed by atoms with E-state index in [9.17, 15) is 0 Å². The summed E-state index contributed by atoms with van der Waals surface area (Å²) in [6.45, 7) is 0. The van der Waals surface area contributed by atoms with Crippen molar-refractivity contribution in [2.45, 2.75) is 0 Å². The first-order valence-corrected chi connectivity index (χ1v) is 21.0. The molecule has 15 aromatic rings. The maximum absolute atomic E-state index is 4.15. The smallest absolute Gasteiger partial charge is 0.0552 e. The van der Waals surface area contributed by atoms with Crippen LogP contribution in [0.2, 0.25) is 0 Å². The van der Waals surface area contributed by atoms with Gasteiger partial charge in [-0.1, -0.05) is 158 Å². The summed E-state index contributed by atoms with van der Waals surface area (Å²) in [4.78, 5) is 20.2. The Balaban J connectivity index is 1.25. The van der Waals surface area contributed by atoms with Crippen molar-refractivity contribution in [2.75, 3.05) is 0 Å². The van der Waals surface area contributed by atoms with E-state index in [-0.39, 0.29) is 0 Å². The third-order valence-electron chi connectivity index (χ3n) is 13.7. The largest absolute Gasteiger partial charge is 0.354 e. The van der Waals surface area contributed by atoms with Crippen molar-refractivity contribution in [3.8, 4) is 22.5 Å². The van der Waals surface area contributed by atoms with Gasteiger partial charge in [0, 0.05) is 97.6 Å². The number of fused-ring (bicyclic) bond motifs is 27. The van der Waals surface area contributed by atoms with Crippen molar-refractivity contribution in [3.05, 3.63) is 170 Å². The highest BCUT2D eigenvalue weighted by atomic mass is 14.8. The summed E-state index contributed by atoms with van der Waals surface area (Å²) in [5.41, 5.74) is 13.8. The molecule has 10 aromatic carbocycles. The van der Waals surface area contributed by atoms with Crippen molar-refractivity contribution in [1.82, 2.24) is 24.9 Å². The molecule has 15 rings (SSSR count). The number of aromatic nitrogens is 5. The highest BCUT2D eigenvalue weighted by Gasteiger charge is 2.27. The Bertz CT molecular complexity index is 4100. The standard InChI is InChI=1S/C56H33N5/c1-3-15-29(16-4-1)41-27-39-43-45-47-48-46-44-40-28-42(30-17-5-2-6-18-30)58-50(40)32-20-8-10-22-34(32)52(44)60-54(46)36-24-12-14-26-38(36)56(48)61-55(47)37-25-13-11-23-35(37)53(45)59-51(43)33-21-9-7-19-31(33)49(39)57-41/h1-28,57-61H. The zero-order valence-electron chi connectivity index (χ0n) is 32.7. The van der Waals surface area contributed by atoms with Gasteiger partial charge in [-0.05, 0) is 23.3 Å². The Labute approximate surface area is 346 Å². The first-order chi connectivity index (χ1) is 30.3. The number of rotatable bonds is 2. The molecule has 0 unspecified atom stereocenters. The van der Waals surface area contributed by atoms with E-state index in [1.165, 1.54) is 97.3 Å². The van der Waals surface area contributed by atoms with Gasteiger partial charge in [-0.25, -0.2) is 0 Å². The van der Waals surface area contributed by atoms with E-state index in [0.29, 0.717) is 0 Å². The third kappa shape index (κ3) is 3.96. The average Bonchev–Trinajstić information content (AvgIpc) is 4.17. The summed E-state index contributed by atoms with van der Waals surface area (Å²) in [7, 11) is 0. The van der Waals surface area contributed by atoms with Gasteiger partial charge in [0.05, 0.1) is 44.1 Å². The van der Waals surface area contributed by atoms with Gasteiger partial charge < -0.3 is 24.9 Å². The second-order valence-corrected chi connectivity index (χ2v) is 16.7. The lowest BCUT2D eigenvalue weighted by Gasteiger charge is -2.07. The van der Waals surface area contributed by atoms with E-state index in [1.807, 2.05) is 0 Å². The first-order valence-electron chi connectivity index (χ1n) is 21.0. The average molecular weight is 776 g/mol. The fourth-order valence-electron chi connectivity index (χ4n) is 11.2. The van der Waals surface area contributed by atoms with Gasteiger partial charge in [-0.3, -0.25) is 0 Å². The first kappa shape index (κ1) is 31.7. The van der Waals surface area contributed by atoms with E-state index >= 15 is 0 Å². The monoisotopic (exact) mass is 775 g/mol. The lowest BCUT2D eigenvalue weighted by molar-refractivity contribution is 1.46. The summed E-state index contributed by atoms with van der Waals surface area (Å²) in [5, 5.41) is 19.5. The van der Waals surface area contributed by atoms with Gasteiger partial charge in [0.15, 0.2) is 0 Å². The van der Waals surface area contributed by atoms with Gasteiger partial charge in [0.2, 0.25) is 0 Å². The quantitative estimate of drug-likeness (QED) is 0.116. The lowest BCUT2D eigenvalue weighted by atomic mass is 9.93. The Kier molecular flexibility index (Phi) is 5.85. The van der Waals surface area contributed by atoms with Gasteiger partial charge in [-0.2, -0.15) is 0 Å². The number of benzene rings is 10. The minimum atomic E-state index is 1.11. The summed E-state index contributed by atoms with van der Waals surface area (Å²) in [6, 6.07) is 61.7. The minimum Gasteiger partial charge on any atom is -0.354 e. The molecule has 0 bridgehead atoms. The molecule has 0 radical (unpaired) electrons. The molecular formula is C56H33N5. The second kappa shape index (κ2) is 11.3. The third-order valence-corrected chi connectivity index (χ3v) is 13.7. The van der Waals surface area contributed by atoms with Gasteiger partial charge in [-0.15, -0.1) is 0 Å². The molecule has 0 aliphatic rings. The maximum atomic E-state index is 4.15. The molecule has 0 amide bonds. The number of hydrogen-bond acceptors (Lipinski definition) is 0. The molecule has 0 aliphatic heterocycles. The van der Waals surface area contributed by atoms with Crippen LogP contribution in [0.3, 0.4) is 0 Å². The maximum Gasteiger partial charge on any atom is 0.0552 e. The molecule has 5 aromatic heterocycles. The van der Waals surface area contributed by atoms with E-state index in [2.05, 4.69) is 195 Å². The van der Waals surface area contributed by atoms with Crippen molar-refractivity contribution in [1.29, 1.82) is 0 Å². The van der Waals surface area contributed by atoms with E-state index in [4.69, 9.17) is 0 Å². The van der Waals surface area contributed by atoms with Crippen molar-refractivity contribution in [3.63, 3.8) is 0 Å². The molecule has 0 fully saturated rings. The van der Waals surface area contributed by atoms with Crippen LogP contribution < -0.4 is 0 Å². The topological polar surface area (TPSA) is 78.9 Å². The van der Waals surface area contributed by atoms with Crippen LogP contribution in [-0.4, -0.2) is 24.9 Å². The van der Waals surface area contributed by atoms with Crippen LogP contribution in [0.5, 0.6) is 0 Å². The van der Waals surface area contributed by atoms with E-state index in [1.54, 1.807) is 0 Å². The molecule has 0 spiro atoms. The van der Waals surface area contributed by atoms with Crippen LogP contribution in [0, 0.1) is 0 Å². The lowest BCUT2D eigenvalue weighted by Crippen LogP contribution is -1.81.